The molecule has 86 valence electrons. The molecule has 1 atom stereocenters. The first-order chi connectivity index (χ1) is 7.27. The zero-order valence-corrected chi connectivity index (χ0v) is 9.84. The van der Waals surface area contributed by atoms with Crippen molar-refractivity contribution in [2.75, 3.05) is 18.1 Å². The molecule has 0 bridgehead atoms. The minimum atomic E-state index is -0.642. The van der Waals surface area contributed by atoms with Crippen molar-refractivity contribution in [3.8, 4) is 0 Å². The van der Waals surface area contributed by atoms with E-state index >= 15 is 0 Å². The Hall–Kier alpha value is -0.220. The first-order valence-electron chi connectivity index (χ1n) is 5.82. The van der Waals surface area contributed by atoms with E-state index in [0.717, 1.165) is 13.0 Å². The summed E-state index contributed by atoms with van der Waals surface area (Å²) in [6, 6.07) is 0.980. The van der Waals surface area contributed by atoms with Crippen LogP contribution in [0.4, 0.5) is 0 Å². The predicted molar refractivity (Wildman–Crippen MR) is 62.3 cm³/mol. The molecule has 2 heterocycles. The molecule has 4 heteroatoms. The summed E-state index contributed by atoms with van der Waals surface area (Å²) in [5.74, 6) is 1.86. The summed E-state index contributed by atoms with van der Waals surface area (Å²) in [5.41, 5.74) is 0. The number of hydrogen-bond acceptors (Lipinski definition) is 3. The Morgan fingerprint density at radius 3 is 2.73 bits per heavy atom. The van der Waals surface area contributed by atoms with Gasteiger partial charge < -0.3 is 5.11 Å². The zero-order valence-electron chi connectivity index (χ0n) is 9.02. The molecule has 0 aromatic carbocycles. The summed E-state index contributed by atoms with van der Waals surface area (Å²) in [6.45, 7) is 1.12. The summed E-state index contributed by atoms with van der Waals surface area (Å²) in [7, 11) is 0. The van der Waals surface area contributed by atoms with Crippen molar-refractivity contribution < 1.29 is 9.90 Å². The number of hydrogen-bond donors (Lipinski definition) is 1. The van der Waals surface area contributed by atoms with Crippen molar-refractivity contribution >= 4 is 17.7 Å². The lowest BCUT2D eigenvalue weighted by atomic mass is 10.1. The lowest BCUT2D eigenvalue weighted by Gasteiger charge is -2.34. The van der Waals surface area contributed by atoms with E-state index in [1.165, 1.54) is 30.8 Å². The number of carbonyl (C=O) groups is 1. The maximum Gasteiger partial charge on any atom is 0.304 e. The van der Waals surface area contributed by atoms with Gasteiger partial charge in [0.2, 0.25) is 0 Å². The van der Waals surface area contributed by atoms with Crippen LogP contribution in [0.15, 0.2) is 0 Å². The molecule has 3 nitrogen and oxygen atoms in total. The predicted octanol–water partition coefficient (Wildman–Crippen LogP) is 1.82. The highest BCUT2D eigenvalue weighted by atomic mass is 32.2. The Kier molecular flexibility index (Phi) is 3.92. The van der Waals surface area contributed by atoms with E-state index in [9.17, 15) is 4.79 Å². The third kappa shape index (κ3) is 2.88. The zero-order chi connectivity index (χ0) is 10.7. The van der Waals surface area contributed by atoms with E-state index in [1.54, 1.807) is 0 Å². The van der Waals surface area contributed by atoms with Crippen LogP contribution in [0.3, 0.4) is 0 Å². The van der Waals surface area contributed by atoms with Crippen molar-refractivity contribution in [2.24, 2.45) is 0 Å². The van der Waals surface area contributed by atoms with Crippen LogP contribution in [0.1, 0.15) is 32.1 Å². The SMILES string of the molecule is O=C(O)CC1CCCN1C1CCSCC1. The van der Waals surface area contributed by atoms with Crippen molar-refractivity contribution in [2.45, 2.75) is 44.2 Å². The lowest BCUT2D eigenvalue weighted by Crippen LogP contribution is -2.42. The van der Waals surface area contributed by atoms with E-state index in [2.05, 4.69) is 4.90 Å². The first kappa shape index (κ1) is 11.3. The second-order valence-corrected chi connectivity index (χ2v) is 5.70. The van der Waals surface area contributed by atoms with Gasteiger partial charge in [0.25, 0.3) is 0 Å². The molecule has 15 heavy (non-hydrogen) atoms. The standard InChI is InChI=1S/C11H19NO2S/c13-11(14)8-10-2-1-5-12(10)9-3-6-15-7-4-9/h9-10H,1-8H2,(H,13,14). The van der Waals surface area contributed by atoms with Gasteiger partial charge in [-0.05, 0) is 43.7 Å². The molecule has 1 N–H and O–H groups in total. The molecule has 0 aromatic heterocycles. The van der Waals surface area contributed by atoms with Gasteiger partial charge in [0.05, 0.1) is 6.42 Å². The molecular weight excluding hydrogens is 210 g/mol. The fourth-order valence-corrected chi connectivity index (χ4v) is 3.86. The highest BCUT2D eigenvalue weighted by Gasteiger charge is 2.32. The monoisotopic (exact) mass is 229 g/mol. The number of thioether (sulfide) groups is 1. The Balaban J connectivity index is 1.91. The molecule has 0 amide bonds. The Labute approximate surface area is 95.2 Å². The van der Waals surface area contributed by atoms with Crippen molar-refractivity contribution in [1.82, 2.24) is 4.90 Å². The van der Waals surface area contributed by atoms with Crippen LogP contribution in [-0.4, -0.2) is 46.1 Å². The molecule has 2 fully saturated rings. The third-order valence-corrected chi connectivity index (χ3v) is 4.54. The van der Waals surface area contributed by atoms with Crippen molar-refractivity contribution in [1.29, 1.82) is 0 Å². The smallest absolute Gasteiger partial charge is 0.304 e. The van der Waals surface area contributed by atoms with E-state index in [1.807, 2.05) is 11.8 Å². The summed E-state index contributed by atoms with van der Waals surface area (Å²) >= 11 is 2.03. The van der Waals surface area contributed by atoms with Gasteiger partial charge in [-0.1, -0.05) is 0 Å². The van der Waals surface area contributed by atoms with Crippen LogP contribution < -0.4 is 0 Å². The van der Waals surface area contributed by atoms with Gasteiger partial charge in [-0.2, -0.15) is 11.8 Å². The van der Waals surface area contributed by atoms with Crippen LogP contribution in [0, 0.1) is 0 Å². The maximum atomic E-state index is 10.8. The van der Waals surface area contributed by atoms with Crippen molar-refractivity contribution in [3.63, 3.8) is 0 Å². The largest absolute Gasteiger partial charge is 0.481 e. The number of aliphatic carboxylic acids is 1. The van der Waals surface area contributed by atoms with Gasteiger partial charge >= 0.3 is 5.97 Å². The second kappa shape index (κ2) is 5.21. The molecule has 0 spiro atoms. The molecule has 0 aliphatic carbocycles. The molecule has 0 radical (unpaired) electrons. The highest BCUT2D eigenvalue weighted by molar-refractivity contribution is 7.99. The van der Waals surface area contributed by atoms with Crippen LogP contribution in [0.2, 0.25) is 0 Å². The Morgan fingerprint density at radius 2 is 2.07 bits per heavy atom. The summed E-state index contributed by atoms with van der Waals surface area (Å²) < 4.78 is 0. The summed E-state index contributed by atoms with van der Waals surface area (Å²) in [5, 5.41) is 8.86. The van der Waals surface area contributed by atoms with E-state index in [0.29, 0.717) is 18.5 Å². The van der Waals surface area contributed by atoms with Crippen LogP contribution in [-0.2, 0) is 4.79 Å². The van der Waals surface area contributed by atoms with Gasteiger partial charge in [-0.3, -0.25) is 9.69 Å². The summed E-state index contributed by atoms with van der Waals surface area (Å²) in [4.78, 5) is 13.2. The maximum absolute atomic E-state index is 10.8. The highest BCUT2D eigenvalue weighted by Crippen LogP contribution is 2.29. The van der Waals surface area contributed by atoms with Gasteiger partial charge in [-0.25, -0.2) is 0 Å². The molecule has 0 saturated carbocycles. The number of carboxylic acids is 1. The van der Waals surface area contributed by atoms with Crippen LogP contribution in [0.5, 0.6) is 0 Å². The number of carboxylic acid groups (broad SMARTS) is 1. The minimum Gasteiger partial charge on any atom is -0.481 e. The minimum absolute atomic E-state index is 0.315. The van der Waals surface area contributed by atoms with E-state index in [-0.39, 0.29) is 0 Å². The lowest BCUT2D eigenvalue weighted by molar-refractivity contribution is -0.138. The van der Waals surface area contributed by atoms with Crippen molar-refractivity contribution in [3.05, 3.63) is 0 Å². The molecule has 2 aliphatic rings. The topological polar surface area (TPSA) is 40.5 Å². The van der Waals surface area contributed by atoms with Gasteiger partial charge in [0, 0.05) is 12.1 Å². The number of nitrogens with zero attached hydrogens (tertiary/aromatic N) is 1. The average molecular weight is 229 g/mol. The van der Waals surface area contributed by atoms with Gasteiger partial charge in [-0.15, -0.1) is 0 Å². The molecule has 2 aliphatic heterocycles. The molecule has 0 aromatic rings. The van der Waals surface area contributed by atoms with Gasteiger partial charge in [0.15, 0.2) is 0 Å². The quantitative estimate of drug-likeness (QED) is 0.801. The fraction of sp³-hybridized carbons (Fsp3) is 0.909. The molecule has 1 unspecified atom stereocenters. The molecule has 2 rings (SSSR count). The number of rotatable bonds is 3. The first-order valence-corrected chi connectivity index (χ1v) is 6.98. The fourth-order valence-electron chi connectivity index (χ4n) is 2.78. The third-order valence-electron chi connectivity index (χ3n) is 3.49. The van der Waals surface area contributed by atoms with E-state index in [4.69, 9.17) is 5.11 Å². The average Bonchev–Trinajstić information content (AvgIpc) is 2.66. The van der Waals surface area contributed by atoms with Crippen LogP contribution >= 0.6 is 11.8 Å². The molecule has 2 saturated heterocycles. The number of likely N-dealkylation sites (tertiary alicyclic amines) is 1. The Morgan fingerprint density at radius 1 is 1.33 bits per heavy atom. The van der Waals surface area contributed by atoms with Gasteiger partial charge in [0.1, 0.15) is 0 Å². The Bertz CT molecular complexity index is 229. The molecular formula is C11H19NO2S. The summed E-state index contributed by atoms with van der Waals surface area (Å²) in [6.07, 6.45) is 5.10. The van der Waals surface area contributed by atoms with E-state index < -0.39 is 5.97 Å². The normalized spacial score (nSPS) is 29.5. The van der Waals surface area contributed by atoms with Crippen LogP contribution in [0.25, 0.3) is 0 Å². The second-order valence-electron chi connectivity index (χ2n) is 4.48.